The van der Waals surface area contributed by atoms with Crippen LogP contribution in [0.4, 0.5) is 0 Å². The van der Waals surface area contributed by atoms with Gasteiger partial charge in [0.15, 0.2) is 0 Å². The van der Waals surface area contributed by atoms with Gasteiger partial charge in [0.25, 0.3) is 0 Å². The van der Waals surface area contributed by atoms with E-state index in [4.69, 9.17) is 0 Å². The zero-order valence-corrected chi connectivity index (χ0v) is 16.8. The van der Waals surface area contributed by atoms with E-state index in [0.29, 0.717) is 0 Å². The van der Waals surface area contributed by atoms with Crippen molar-refractivity contribution in [1.82, 2.24) is 0 Å². The Morgan fingerprint density at radius 3 is 1.52 bits per heavy atom. The minimum Gasteiger partial charge on any atom is -0.0853 e. The van der Waals surface area contributed by atoms with Crippen LogP contribution in [0.1, 0.15) is 32.1 Å². The van der Waals surface area contributed by atoms with Crippen molar-refractivity contribution in [2.24, 2.45) is 0 Å². The lowest BCUT2D eigenvalue weighted by Gasteiger charge is -2.27. The average molecular weight is 371 g/mol. The van der Waals surface area contributed by atoms with Crippen LogP contribution in [-0.4, -0.2) is 6.16 Å². The lowest BCUT2D eigenvalue weighted by atomic mass is 10.1. The minimum absolute atomic E-state index is 1.24. The molecule has 0 aliphatic heterocycles. The lowest BCUT2D eigenvalue weighted by molar-refractivity contribution is 0.833. The second kappa shape index (κ2) is 8.68. The van der Waals surface area contributed by atoms with Gasteiger partial charge in [-0.2, -0.15) is 0 Å². The van der Waals surface area contributed by atoms with Crippen LogP contribution in [0.25, 0.3) is 0 Å². The van der Waals surface area contributed by atoms with Gasteiger partial charge in [-0.25, -0.2) is 0 Å². The average Bonchev–Trinajstić information content (AvgIpc) is 3.27. The van der Waals surface area contributed by atoms with Gasteiger partial charge in [0.05, 0.1) is 6.16 Å². The SMILES string of the molecule is C1=C(CCC[P+](c2ccccc2)(c2ccccc2)c2ccccc2)CCC1. The molecule has 0 aromatic heterocycles. The van der Waals surface area contributed by atoms with Crippen LogP contribution < -0.4 is 15.9 Å². The molecule has 4 rings (SSSR count). The maximum atomic E-state index is 2.48. The van der Waals surface area contributed by atoms with E-state index in [1.165, 1.54) is 54.2 Å². The molecule has 0 nitrogen and oxygen atoms in total. The molecule has 0 fully saturated rings. The summed E-state index contributed by atoms with van der Waals surface area (Å²) in [7, 11) is -1.64. The van der Waals surface area contributed by atoms with Crippen molar-refractivity contribution < 1.29 is 0 Å². The highest BCUT2D eigenvalue weighted by atomic mass is 31.2. The van der Waals surface area contributed by atoms with Crippen molar-refractivity contribution in [3.63, 3.8) is 0 Å². The van der Waals surface area contributed by atoms with E-state index in [1.807, 2.05) is 0 Å². The fraction of sp³-hybridized carbons (Fsp3) is 0.231. The zero-order valence-electron chi connectivity index (χ0n) is 15.9. The van der Waals surface area contributed by atoms with Crippen LogP contribution in [0.5, 0.6) is 0 Å². The first-order chi connectivity index (χ1) is 13.4. The Morgan fingerprint density at radius 2 is 1.11 bits per heavy atom. The molecule has 27 heavy (non-hydrogen) atoms. The summed E-state index contributed by atoms with van der Waals surface area (Å²) in [5, 5.41) is 4.51. The van der Waals surface area contributed by atoms with E-state index in [1.54, 1.807) is 5.57 Å². The summed E-state index contributed by atoms with van der Waals surface area (Å²) in [5.41, 5.74) is 1.68. The first kappa shape index (κ1) is 18.2. The van der Waals surface area contributed by atoms with Crippen LogP contribution in [-0.2, 0) is 0 Å². The smallest absolute Gasteiger partial charge is 0.0853 e. The summed E-state index contributed by atoms with van der Waals surface area (Å²) in [6.45, 7) is 0. The second-order valence-electron chi connectivity index (χ2n) is 7.40. The van der Waals surface area contributed by atoms with Crippen LogP contribution in [0.2, 0.25) is 0 Å². The molecular formula is C26H28P+. The molecule has 0 atom stereocenters. The molecule has 0 unspecified atom stereocenters. The van der Waals surface area contributed by atoms with Crippen LogP contribution in [0, 0.1) is 0 Å². The molecule has 0 spiro atoms. The highest BCUT2D eigenvalue weighted by Gasteiger charge is 2.44. The topological polar surface area (TPSA) is 0 Å². The monoisotopic (exact) mass is 371 g/mol. The maximum absolute atomic E-state index is 2.48. The normalized spacial score (nSPS) is 14.1. The van der Waals surface area contributed by atoms with Gasteiger partial charge in [-0.1, -0.05) is 66.2 Å². The molecule has 1 aliphatic rings. The fourth-order valence-electron chi connectivity index (χ4n) is 4.39. The number of benzene rings is 3. The van der Waals surface area contributed by atoms with Crippen LogP contribution in [0.3, 0.4) is 0 Å². The van der Waals surface area contributed by atoms with Crippen molar-refractivity contribution >= 4 is 23.2 Å². The molecule has 1 heteroatoms. The second-order valence-corrected chi connectivity index (χ2v) is 11.0. The van der Waals surface area contributed by atoms with E-state index >= 15 is 0 Å². The van der Waals surface area contributed by atoms with Gasteiger partial charge in [0, 0.05) is 0 Å². The van der Waals surface area contributed by atoms with E-state index in [0.717, 1.165) is 0 Å². The summed E-state index contributed by atoms with van der Waals surface area (Å²) in [5.74, 6) is 0. The predicted octanol–water partition coefficient (Wildman–Crippen LogP) is 5.87. The Hall–Kier alpha value is -2.17. The molecule has 1 aliphatic carbocycles. The van der Waals surface area contributed by atoms with Gasteiger partial charge >= 0.3 is 0 Å². The minimum atomic E-state index is -1.64. The third-order valence-electron chi connectivity index (χ3n) is 5.72. The fourth-order valence-corrected chi connectivity index (χ4v) is 8.73. The van der Waals surface area contributed by atoms with E-state index < -0.39 is 7.26 Å². The van der Waals surface area contributed by atoms with Crippen molar-refractivity contribution in [1.29, 1.82) is 0 Å². The molecule has 0 saturated heterocycles. The van der Waals surface area contributed by atoms with E-state index in [2.05, 4.69) is 97.1 Å². The van der Waals surface area contributed by atoms with Gasteiger partial charge in [-0.05, 0) is 68.5 Å². The largest absolute Gasteiger partial charge is 0.112 e. The molecule has 0 bridgehead atoms. The van der Waals surface area contributed by atoms with Gasteiger partial charge in [-0.3, -0.25) is 0 Å². The van der Waals surface area contributed by atoms with Crippen molar-refractivity contribution in [3.8, 4) is 0 Å². The summed E-state index contributed by atoms with van der Waals surface area (Å²) in [4.78, 5) is 0. The lowest BCUT2D eigenvalue weighted by Crippen LogP contribution is -2.33. The highest BCUT2D eigenvalue weighted by Crippen LogP contribution is 2.56. The predicted molar refractivity (Wildman–Crippen MR) is 121 cm³/mol. The quantitative estimate of drug-likeness (QED) is 0.360. The Labute approximate surface area is 164 Å². The standard InChI is InChI=1S/C26H28P/c1-4-16-24(17-5-1)27(25-18-6-2-7-19-25,26-20-8-3-9-21-26)22-12-15-23-13-10-11-14-23/h1-9,13,16-21H,10-12,14-15,22H2/q+1. The maximum Gasteiger partial charge on any atom is 0.112 e. The van der Waals surface area contributed by atoms with Gasteiger partial charge in [0.1, 0.15) is 23.2 Å². The number of hydrogen-bond donors (Lipinski definition) is 0. The summed E-state index contributed by atoms with van der Waals surface area (Å²) < 4.78 is 0. The van der Waals surface area contributed by atoms with Crippen molar-refractivity contribution in [2.75, 3.05) is 6.16 Å². The molecule has 0 N–H and O–H groups in total. The number of rotatable bonds is 7. The molecule has 0 heterocycles. The Morgan fingerprint density at radius 1 is 0.630 bits per heavy atom. The molecule has 0 amide bonds. The van der Waals surface area contributed by atoms with Gasteiger partial charge in [-0.15, -0.1) is 0 Å². The Bertz CT molecular complexity index is 769. The van der Waals surface area contributed by atoms with Crippen LogP contribution >= 0.6 is 7.26 Å². The molecule has 0 saturated carbocycles. The van der Waals surface area contributed by atoms with Gasteiger partial charge in [0.2, 0.25) is 0 Å². The highest BCUT2D eigenvalue weighted by molar-refractivity contribution is 7.95. The van der Waals surface area contributed by atoms with E-state index in [-0.39, 0.29) is 0 Å². The molecule has 3 aromatic carbocycles. The summed E-state index contributed by atoms with van der Waals surface area (Å²) in [6, 6.07) is 33.7. The van der Waals surface area contributed by atoms with E-state index in [9.17, 15) is 0 Å². The molecule has 136 valence electrons. The Kier molecular flexibility index (Phi) is 5.85. The first-order valence-corrected chi connectivity index (χ1v) is 12.1. The number of allylic oxidation sites excluding steroid dienone is 2. The van der Waals surface area contributed by atoms with Gasteiger partial charge < -0.3 is 0 Å². The first-order valence-electron chi connectivity index (χ1n) is 10.1. The van der Waals surface area contributed by atoms with Crippen LogP contribution in [0.15, 0.2) is 103 Å². The number of hydrogen-bond acceptors (Lipinski definition) is 0. The summed E-state index contributed by atoms with van der Waals surface area (Å²) in [6.07, 6.45) is 10.2. The van der Waals surface area contributed by atoms with Crippen molar-refractivity contribution in [3.05, 3.63) is 103 Å². The molecule has 3 aromatic rings. The van der Waals surface area contributed by atoms with Crippen molar-refractivity contribution in [2.45, 2.75) is 32.1 Å². The Balaban J connectivity index is 1.78. The third-order valence-corrected chi connectivity index (χ3v) is 10.2. The zero-order chi connectivity index (χ0) is 18.4. The molecule has 0 radical (unpaired) electrons. The molecular weight excluding hydrogens is 343 g/mol. The third kappa shape index (κ3) is 3.92. The summed E-state index contributed by atoms with van der Waals surface area (Å²) >= 11 is 0.